The maximum atomic E-state index is 5.78. The van der Waals surface area contributed by atoms with Gasteiger partial charge in [0.05, 0.1) is 25.8 Å². The summed E-state index contributed by atoms with van der Waals surface area (Å²) in [6.45, 7) is 6.41. The maximum Gasteiger partial charge on any atom is 0.258 e. The standard InChI is InChI=1S/C25H26N4O3S2/c1-6-13-29-15(2)21(24-27-23(28-32-24)16-7-10-18(34-5)11-8-16)22(26-25(29)33)17-9-12-19(30-3)20(14-17)31-4/h6-12,14,22H,1,13H2,2-5H3,(H,26,33). The number of methoxy groups -OCH3 is 2. The fourth-order valence-electron chi connectivity index (χ4n) is 3.88. The van der Waals surface area contributed by atoms with E-state index in [2.05, 4.69) is 17.1 Å². The third-order valence-corrected chi connectivity index (χ3v) is 6.74. The van der Waals surface area contributed by atoms with E-state index in [-0.39, 0.29) is 6.04 Å². The van der Waals surface area contributed by atoms with E-state index in [1.807, 2.05) is 60.5 Å². The minimum absolute atomic E-state index is 0.319. The van der Waals surface area contributed by atoms with Crippen molar-refractivity contribution in [3.8, 4) is 22.9 Å². The van der Waals surface area contributed by atoms with Gasteiger partial charge in [-0.15, -0.1) is 18.3 Å². The largest absolute Gasteiger partial charge is 0.493 e. The molecule has 7 nitrogen and oxygen atoms in total. The van der Waals surface area contributed by atoms with Gasteiger partial charge in [0.25, 0.3) is 5.89 Å². The van der Waals surface area contributed by atoms with Gasteiger partial charge in [-0.05, 0) is 67.4 Å². The predicted octanol–water partition coefficient (Wildman–Crippen LogP) is 5.32. The first-order chi connectivity index (χ1) is 16.5. The van der Waals surface area contributed by atoms with Crippen molar-refractivity contribution in [1.82, 2.24) is 20.4 Å². The molecule has 0 spiro atoms. The van der Waals surface area contributed by atoms with Crippen LogP contribution >= 0.6 is 24.0 Å². The summed E-state index contributed by atoms with van der Waals surface area (Å²) in [6, 6.07) is 13.5. The van der Waals surface area contributed by atoms with Gasteiger partial charge in [0.15, 0.2) is 16.6 Å². The zero-order valence-electron chi connectivity index (χ0n) is 19.5. The van der Waals surface area contributed by atoms with E-state index >= 15 is 0 Å². The highest BCUT2D eigenvalue weighted by molar-refractivity contribution is 7.98. The van der Waals surface area contributed by atoms with Gasteiger partial charge in [0, 0.05) is 22.7 Å². The van der Waals surface area contributed by atoms with Crippen LogP contribution in [0, 0.1) is 0 Å². The molecule has 9 heteroatoms. The molecule has 0 aliphatic carbocycles. The average Bonchev–Trinajstić information content (AvgIpc) is 3.35. The Morgan fingerprint density at radius 1 is 1.18 bits per heavy atom. The highest BCUT2D eigenvalue weighted by Crippen LogP contribution is 2.40. The Labute approximate surface area is 208 Å². The summed E-state index contributed by atoms with van der Waals surface area (Å²) in [4.78, 5) is 7.88. The topological polar surface area (TPSA) is 72.7 Å². The van der Waals surface area contributed by atoms with Crippen LogP contribution in [0.1, 0.15) is 24.4 Å². The fraction of sp³-hybridized carbons (Fsp3) is 0.240. The number of thioether (sulfide) groups is 1. The summed E-state index contributed by atoms with van der Waals surface area (Å²) >= 11 is 7.36. The smallest absolute Gasteiger partial charge is 0.258 e. The molecule has 1 aromatic heterocycles. The molecule has 0 saturated carbocycles. The van der Waals surface area contributed by atoms with Gasteiger partial charge >= 0.3 is 0 Å². The van der Waals surface area contributed by atoms with Crippen LogP contribution in [0.15, 0.2) is 70.2 Å². The van der Waals surface area contributed by atoms with E-state index < -0.39 is 0 Å². The molecule has 0 amide bonds. The van der Waals surface area contributed by atoms with E-state index in [1.165, 1.54) is 4.90 Å². The van der Waals surface area contributed by atoms with Gasteiger partial charge in [-0.1, -0.05) is 17.3 Å². The summed E-state index contributed by atoms with van der Waals surface area (Å²) < 4.78 is 16.7. The lowest BCUT2D eigenvalue weighted by Crippen LogP contribution is -2.45. The average molecular weight is 495 g/mol. The lowest BCUT2D eigenvalue weighted by atomic mass is 9.94. The van der Waals surface area contributed by atoms with Crippen molar-refractivity contribution < 1.29 is 14.0 Å². The zero-order valence-corrected chi connectivity index (χ0v) is 21.1. The molecule has 1 unspecified atom stereocenters. The van der Waals surface area contributed by atoms with Crippen LogP contribution in [0.4, 0.5) is 0 Å². The van der Waals surface area contributed by atoms with Crippen molar-refractivity contribution in [2.45, 2.75) is 17.9 Å². The molecule has 1 aliphatic heterocycles. The first kappa shape index (κ1) is 23.8. The second-order valence-electron chi connectivity index (χ2n) is 7.55. The van der Waals surface area contributed by atoms with Crippen molar-refractivity contribution in [2.24, 2.45) is 0 Å². The second kappa shape index (κ2) is 10.3. The number of allylic oxidation sites excluding steroid dienone is 1. The molecule has 1 aliphatic rings. The molecule has 1 N–H and O–H groups in total. The van der Waals surface area contributed by atoms with E-state index in [4.69, 9.17) is 31.2 Å². The number of rotatable bonds is 8. The number of benzene rings is 2. The Bertz CT molecular complexity index is 1240. The fourth-order valence-corrected chi connectivity index (χ4v) is 4.62. The lowest BCUT2D eigenvalue weighted by molar-refractivity contribution is 0.354. The number of thiocarbonyl (C=S) groups is 1. The van der Waals surface area contributed by atoms with Crippen molar-refractivity contribution in [3.63, 3.8) is 0 Å². The van der Waals surface area contributed by atoms with Gasteiger partial charge in [-0.2, -0.15) is 4.98 Å². The minimum atomic E-state index is -0.319. The van der Waals surface area contributed by atoms with Crippen LogP contribution < -0.4 is 14.8 Å². The number of nitrogens with zero attached hydrogens (tertiary/aromatic N) is 3. The second-order valence-corrected chi connectivity index (χ2v) is 8.81. The quantitative estimate of drug-likeness (QED) is 0.254. The van der Waals surface area contributed by atoms with Crippen LogP contribution in [0.25, 0.3) is 17.0 Å². The summed E-state index contributed by atoms with van der Waals surface area (Å²) in [5.74, 6) is 2.22. The molecular formula is C25H26N4O3S2. The van der Waals surface area contributed by atoms with Gasteiger partial charge < -0.3 is 24.2 Å². The Kier molecular flexibility index (Phi) is 7.23. The van der Waals surface area contributed by atoms with Crippen molar-refractivity contribution in [3.05, 3.63) is 72.3 Å². The van der Waals surface area contributed by atoms with Gasteiger partial charge in [-0.25, -0.2) is 0 Å². The first-order valence-electron chi connectivity index (χ1n) is 10.6. The summed E-state index contributed by atoms with van der Waals surface area (Å²) in [7, 11) is 3.22. The molecule has 0 saturated heterocycles. The molecule has 3 aromatic rings. The molecule has 176 valence electrons. The highest BCUT2D eigenvalue weighted by atomic mass is 32.2. The molecule has 0 fully saturated rings. The summed E-state index contributed by atoms with van der Waals surface area (Å²) in [6.07, 6.45) is 3.85. The number of nitrogens with one attached hydrogen (secondary N) is 1. The predicted molar refractivity (Wildman–Crippen MR) is 139 cm³/mol. The Morgan fingerprint density at radius 3 is 2.56 bits per heavy atom. The summed E-state index contributed by atoms with van der Waals surface area (Å²) in [5.41, 5.74) is 3.56. The summed E-state index contributed by atoms with van der Waals surface area (Å²) in [5, 5.41) is 8.28. The van der Waals surface area contributed by atoms with Gasteiger partial charge in [-0.3, -0.25) is 0 Å². The van der Waals surface area contributed by atoms with Crippen molar-refractivity contribution >= 4 is 34.7 Å². The SMILES string of the molecule is C=CCN1C(=S)NC(c2ccc(OC)c(OC)c2)C(c2nc(-c3ccc(SC)cc3)no2)=C1C. The first-order valence-corrected chi connectivity index (χ1v) is 12.2. The Hall–Kier alpha value is -3.30. The molecule has 34 heavy (non-hydrogen) atoms. The highest BCUT2D eigenvalue weighted by Gasteiger charge is 2.34. The van der Waals surface area contributed by atoms with E-state index in [0.29, 0.717) is 34.9 Å². The van der Waals surface area contributed by atoms with Crippen LogP contribution in [0.2, 0.25) is 0 Å². The lowest BCUT2D eigenvalue weighted by Gasteiger charge is -2.37. The number of hydrogen-bond acceptors (Lipinski definition) is 7. The molecule has 0 radical (unpaired) electrons. The maximum absolute atomic E-state index is 5.78. The minimum Gasteiger partial charge on any atom is -0.493 e. The number of aromatic nitrogens is 2. The Balaban J connectivity index is 1.81. The molecule has 0 bridgehead atoms. The number of ether oxygens (including phenoxy) is 2. The van der Waals surface area contributed by atoms with Crippen molar-refractivity contribution in [2.75, 3.05) is 27.0 Å². The van der Waals surface area contributed by atoms with Crippen LogP contribution in [-0.2, 0) is 0 Å². The monoisotopic (exact) mass is 494 g/mol. The van der Waals surface area contributed by atoms with Crippen molar-refractivity contribution in [1.29, 1.82) is 0 Å². The Morgan fingerprint density at radius 2 is 1.91 bits per heavy atom. The number of hydrogen-bond donors (Lipinski definition) is 1. The molecule has 2 heterocycles. The molecule has 2 aromatic carbocycles. The molecular weight excluding hydrogens is 468 g/mol. The normalized spacial score (nSPS) is 15.8. The van der Waals surface area contributed by atoms with E-state index in [9.17, 15) is 0 Å². The van der Waals surface area contributed by atoms with E-state index in [0.717, 1.165) is 22.4 Å². The molecule has 1 atom stereocenters. The third-order valence-electron chi connectivity index (χ3n) is 5.65. The van der Waals surface area contributed by atoms with Crippen LogP contribution in [0.5, 0.6) is 11.5 Å². The molecule has 4 rings (SSSR count). The van der Waals surface area contributed by atoms with E-state index in [1.54, 1.807) is 32.1 Å². The van der Waals surface area contributed by atoms with Gasteiger partial charge in [0.1, 0.15) is 0 Å². The van der Waals surface area contributed by atoms with Gasteiger partial charge in [0.2, 0.25) is 5.82 Å². The van der Waals surface area contributed by atoms with Crippen LogP contribution in [0.3, 0.4) is 0 Å². The zero-order chi connectivity index (χ0) is 24.2. The third kappa shape index (κ3) is 4.53. The van der Waals surface area contributed by atoms with Crippen LogP contribution in [-0.4, -0.2) is 47.2 Å².